The molecule has 2 aliphatic rings. The smallest absolute Gasteiger partial charge is 0.410 e. The highest BCUT2D eigenvalue weighted by Gasteiger charge is 2.30. The van der Waals surface area contributed by atoms with E-state index in [1.807, 2.05) is 30.3 Å². The number of hydrogen-bond acceptors (Lipinski definition) is 5. The maximum Gasteiger partial charge on any atom is 0.410 e. The Bertz CT molecular complexity index is 1070. The van der Waals surface area contributed by atoms with Crippen molar-refractivity contribution in [2.75, 3.05) is 26.2 Å². The molecule has 0 atom stereocenters. The van der Waals surface area contributed by atoms with Crippen molar-refractivity contribution in [3.05, 3.63) is 70.6 Å². The fourth-order valence-corrected chi connectivity index (χ4v) is 4.67. The molecule has 150 valence electrons. The topological polar surface area (TPSA) is 84.0 Å². The molecule has 0 aromatic heterocycles. The number of nitrogens with zero attached hydrogens (tertiary/aromatic N) is 2. The summed E-state index contributed by atoms with van der Waals surface area (Å²) in [5, 5.41) is 1.12. The summed E-state index contributed by atoms with van der Waals surface area (Å²) in [6, 6.07) is 14.1. The standard InChI is InChI=1S/C21H20N2O5S/c24-20(18-7-4-8-19-17(18)9-14-29(19,26)27)22-10-12-23(13-11-22)21(25)28-15-16-5-2-1-3-6-16/h1-9,14H,10-13,15H2. The molecule has 2 amide bonds. The Balaban J connectivity index is 1.37. The normalized spacial score (nSPS) is 17.1. The average Bonchev–Trinajstić information content (AvgIpc) is 3.07. The first-order valence-corrected chi connectivity index (χ1v) is 10.8. The first-order valence-electron chi connectivity index (χ1n) is 9.27. The van der Waals surface area contributed by atoms with Gasteiger partial charge in [0.25, 0.3) is 5.91 Å². The summed E-state index contributed by atoms with van der Waals surface area (Å²) in [5.41, 5.74) is 1.71. The van der Waals surface area contributed by atoms with Crippen molar-refractivity contribution in [1.29, 1.82) is 0 Å². The number of rotatable bonds is 3. The first-order chi connectivity index (χ1) is 14.0. The van der Waals surface area contributed by atoms with Gasteiger partial charge in [-0.05, 0) is 23.8 Å². The maximum absolute atomic E-state index is 12.9. The molecule has 0 aliphatic carbocycles. The van der Waals surface area contributed by atoms with Crippen LogP contribution in [0.5, 0.6) is 0 Å². The molecule has 7 nitrogen and oxygen atoms in total. The zero-order valence-electron chi connectivity index (χ0n) is 15.7. The van der Waals surface area contributed by atoms with Crippen molar-refractivity contribution in [3.63, 3.8) is 0 Å². The molecule has 1 fully saturated rings. The number of piperazine rings is 1. The summed E-state index contributed by atoms with van der Waals surface area (Å²) in [7, 11) is -3.46. The highest BCUT2D eigenvalue weighted by molar-refractivity contribution is 7.94. The molecule has 0 saturated carbocycles. The molecule has 0 bridgehead atoms. The van der Waals surface area contributed by atoms with E-state index in [0.717, 1.165) is 11.0 Å². The molecule has 2 aromatic rings. The summed E-state index contributed by atoms with van der Waals surface area (Å²) >= 11 is 0. The minimum absolute atomic E-state index is 0.159. The Kier molecular flexibility index (Phi) is 5.10. The molecule has 0 spiro atoms. The zero-order valence-corrected chi connectivity index (χ0v) is 16.5. The van der Waals surface area contributed by atoms with Gasteiger partial charge in [-0.25, -0.2) is 13.2 Å². The number of benzene rings is 2. The van der Waals surface area contributed by atoms with E-state index < -0.39 is 15.9 Å². The second-order valence-electron chi connectivity index (χ2n) is 6.88. The lowest BCUT2D eigenvalue weighted by Gasteiger charge is -2.34. The highest BCUT2D eigenvalue weighted by atomic mass is 32.2. The van der Waals surface area contributed by atoms with Gasteiger partial charge in [-0.2, -0.15) is 0 Å². The van der Waals surface area contributed by atoms with E-state index in [1.165, 1.54) is 12.1 Å². The molecule has 0 N–H and O–H groups in total. The summed E-state index contributed by atoms with van der Waals surface area (Å²) in [5.74, 6) is -0.235. The van der Waals surface area contributed by atoms with Crippen molar-refractivity contribution >= 4 is 27.9 Å². The molecule has 2 aromatic carbocycles. The van der Waals surface area contributed by atoms with Gasteiger partial charge in [0.2, 0.25) is 0 Å². The van der Waals surface area contributed by atoms with Gasteiger partial charge in [0.1, 0.15) is 6.61 Å². The Labute approximate surface area is 169 Å². The molecule has 0 radical (unpaired) electrons. The number of ether oxygens (including phenoxy) is 1. The van der Waals surface area contributed by atoms with E-state index >= 15 is 0 Å². The largest absolute Gasteiger partial charge is 0.445 e. The predicted molar refractivity (Wildman–Crippen MR) is 107 cm³/mol. The Hall–Kier alpha value is -3.13. The van der Waals surface area contributed by atoms with Crippen LogP contribution in [0.15, 0.2) is 58.8 Å². The third-order valence-electron chi connectivity index (χ3n) is 5.05. The maximum atomic E-state index is 12.9. The number of hydrogen-bond donors (Lipinski definition) is 0. The molecule has 2 aliphatic heterocycles. The van der Waals surface area contributed by atoms with Crippen molar-refractivity contribution < 1.29 is 22.7 Å². The molecule has 8 heteroatoms. The van der Waals surface area contributed by atoms with E-state index in [2.05, 4.69) is 0 Å². The molecule has 2 heterocycles. The monoisotopic (exact) mass is 412 g/mol. The predicted octanol–water partition coefficient (Wildman–Crippen LogP) is 2.54. The fourth-order valence-electron chi connectivity index (χ4n) is 3.45. The number of carbonyl (C=O) groups is 2. The average molecular weight is 412 g/mol. The molecule has 0 unspecified atom stereocenters. The van der Waals surface area contributed by atoms with E-state index in [1.54, 1.807) is 21.9 Å². The molecule has 4 rings (SSSR count). The quantitative estimate of drug-likeness (QED) is 0.774. The minimum Gasteiger partial charge on any atom is -0.445 e. The fraction of sp³-hybridized carbons (Fsp3) is 0.238. The van der Waals surface area contributed by atoms with Crippen LogP contribution in [-0.2, 0) is 21.2 Å². The van der Waals surface area contributed by atoms with Crippen LogP contribution in [0.2, 0.25) is 0 Å². The van der Waals surface area contributed by atoms with Gasteiger partial charge in [-0.3, -0.25) is 4.79 Å². The van der Waals surface area contributed by atoms with Gasteiger partial charge < -0.3 is 14.5 Å². The number of sulfone groups is 1. The Morgan fingerprint density at radius 3 is 2.31 bits per heavy atom. The zero-order chi connectivity index (χ0) is 20.4. The van der Waals surface area contributed by atoms with Crippen molar-refractivity contribution in [1.82, 2.24) is 9.80 Å². The molecule has 29 heavy (non-hydrogen) atoms. The third kappa shape index (κ3) is 3.88. The van der Waals surface area contributed by atoms with Crippen LogP contribution in [-0.4, -0.2) is 56.4 Å². The van der Waals surface area contributed by atoms with E-state index in [9.17, 15) is 18.0 Å². The van der Waals surface area contributed by atoms with Crippen LogP contribution in [0.25, 0.3) is 6.08 Å². The molecular weight excluding hydrogens is 392 g/mol. The van der Waals surface area contributed by atoms with Gasteiger partial charge in [-0.1, -0.05) is 36.4 Å². The van der Waals surface area contributed by atoms with Gasteiger partial charge in [-0.15, -0.1) is 0 Å². The van der Waals surface area contributed by atoms with Crippen molar-refractivity contribution in [2.45, 2.75) is 11.5 Å². The lowest BCUT2D eigenvalue weighted by molar-refractivity contribution is 0.0543. The first kappa shape index (κ1) is 19.2. The lowest BCUT2D eigenvalue weighted by atomic mass is 10.1. The molecule has 1 saturated heterocycles. The summed E-state index contributed by atoms with van der Waals surface area (Å²) in [4.78, 5) is 28.6. The van der Waals surface area contributed by atoms with Crippen molar-refractivity contribution in [3.8, 4) is 0 Å². The lowest BCUT2D eigenvalue weighted by Crippen LogP contribution is -2.50. The summed E-state index contributed by atoms with van der Waals surface area (Å²) in [6.07, 6.45) is 1.06. The van der Waals surface area contributed by atoms with Crippen LogP contribution in [0, 0.1) is 0 Å². The van der Waals surface area contributed by atoms with Crippen LogP contribution >= 0.6 is 0 Å². The highest BCUT2D eigenvalue weighted by Crippen LogP contribution is 2.30. The Morgan fingerprint density at radius 2 is 1.59 bits per heavy atom. The number of amides is 2. The van der Waals surface area contributed by atoms with Crippen molar-refractivity contribution in [2.24, 2.45) is 0 Å². The van der Waals surface area contributed by atoms with Gasteiger partial charge in [0, 0.05) is 42.7 Å². The van der Waals surface area contributed by atoms with Crippen LogP contribution in [0.1, 0.15) is 21.5 Å². The van der Waals surface area contributed by atoms with E-state index in [4.69, 9.17) is 4.74 Å². The van der Waals surface area contributed by atoms with Crippen LogP contribution < -0.4 is 0 Å². The number of fused-ring (bicyclic) bond motifs is 1. The number of carbonyl (C=O) groups excluding carboxylic acids is 2. The minimum atomic E-state index is -3.46. The third-order valence-corrected chi connectivity index (χ3v) is 6.51. The summed E-state index contributed by atoms with van der Waals surface area (Å²) < 4.78 is 29.4. The second-order valence-corrected chi connectivity index (χ2v) is 8.69. The van der Waals surface area contributed by atoms with Gasteiger partial charge in [0.05, 0.1) is 4.90 Å². The van der Waals surface area contributed by atoms with Crippen LogP contribution in [0.4, 0.5) is 4.79 Å². The Morgan fingerprint density at radius 1 is 0.897 bits per heavy atom. The van der Waals surface area contributed by atoms with Crippen LogP contribution in [0.3, 0.4) is 0 Å². The SMILES string of the molecule is O=C(OCc1ccccc1)N1CCN(C(=O)c2cccc3c2C=CS3(=O)=O)CC1. The van der Waals surface area contributed by atoms with Gasteiger partial charge >= 0.3 is 6.09 Å². The van der Waals surface area contributed by atoms with E-state index in [-0.39, 0.29) is 17.4 Å². The molecular formula is C21H20N2O5S. The summed E-state index contributed by atoms with van der Waals surface area (Å²) in [6.45, 7) is 1.65. The van der Waals surface area contributed by atoms with E-state index in [0.29, 0.717) is 37.3 Å². The van der Waals surface area contributed by atoms with Gasteiger partial charge in [0.15, 0.2) is 9.84 Å². The second kappa shape index (κ2) is 7.71.